The molecule has 1 heterocycles. The standard InChI is InChI=1S/C24H28N2O5/c1-29-20-7-4-6-18(16-20)8-11-23(27)25-12-5-13-26(15-14-25)24(28)19-9-10-21(30-2)22(17-19)31-3/h4,6-11,16-17H,5,12-15H2,1-3H3/b11-8+. The number of carbonyl (C=O) groups is 2. The van der Waals surface area contributed by atoms with Crippen molar-refractivity contribution in [2.45, 2.75) is 6.42 Å². The first-order chi connectivity index (χ1) is 15.0. The summed E-state index contributed by atoms with van der Waals surface area (Å²) in [5, 5.41) is 0. The van der Waals surface area contributed by atoms with Crippen molar-refractivity contribution in [3.63, 3.8) is 0 Å². The minimum Gasteiger partial charge on any atom is -0.497 e. The summed E-state index contributed by atoms with van der Waals surface area (Å²) < 4.78 is 15.7. The van der Waals surface area contributed by atoms with Gasteiger partial charge in [0.1, 0.15) is 5.75 Å². The highest BCUT2D eigenvalue weighted by molar-refractivity contribution is 5.95. The van der Waals surface area contributed by atoms with Crippen LogP contribution in [-0.2, 0) is 4.79 Å². The Balaban J connectivity index is 1.62. The molecule has 0 aromatic heterocycles. The van der Waals surface area contributed by atoms with Crippen molar-refractivity contribution < 1.29 is 23.8 Å². The van der Waals surface area contributed by atoms with Crippen molar-refractivity contribution in [2.75, 3.05) is 47.5 Å². The minimum atomic E-state index is -0.0813. The van der Waals surface area contributed by atoms with Crippen molar-refractivity contribution in [3.05, 3.63) is 59.7 Å². The summed E-state index contributed by atoms with van der Waals surface area (Å²) in [6.45, 7) is 2.17. The maximum absolute atomic E-state index is 13.0. The Morgan fingerprint density at radius 3 is 2.32 bits per heavy atom. The van der Waals surface area contributed by atoms with Crippen LogP contribution in [0.15, 0.2) is 48.5 Å². The number of hydrogen-bond donors (Lipinski definition) is 0. The highest BCUT2D eigenvalue weighted by atomic mass is 16.5. The molecule has 0 radical (unpaired) electrons. The zero-order valence-corrected chi connectivity index (χ0v) is 18.2. The SMILES string of the molecule is COc1cccc(/C=C/C(=O)N2CCCN(C(=O)c3ccc(OC)c(OC)c3)CC2)c1. The van der Waals surface area contributed by atoms with Gasteiger partial charge in [-0.25, -0.2) is 0 Å². The third-order valence-corrected chi connectivity index (χ3v) is 5.24. The van der Waals surface area contributed by atoms with Crippen molar-refractivity contribution in [1.82, 2.24) is 9.80 Å². The van der Waals surface area contributed by atoms with E-state index < -0.39 is 0 Å². The van der Waals surface area contributed by atoms with Crippen molar-refractivity contribution in [1.29, 1.82) is 0 Å². The van der Waals surface area contributed by atoms with Crippen LogP contribution in [0.4, 0.5) is 0 Å². The average molecular weight is 424 g/mol. The van der Waals surface area contributed by atoms with Gasteiger partial charge in [0.05, 0.1) is 21.3 Å². The van der Waals surface area contributed by atoms with E-state index in [1.807, 2.05) is 24.3 Å². The second kappa shape index (κ2) is 10.5. The van der Waals surface area contributed by atoms with Crippen LogP contribution in [0.25, 0.3) is 6.08 Å². The smallest absolute Gasteiger partial charge is 0.254 e. The quantitative estimate of drug-likeness (QED) is 0.667. The molecule has 1 aliphatic heterocycles. The van der Waals surface area contributed by atoms with Crippen LogP contribution >= 0.6 is 0 Å². The van der Waals surface area contributed by atoms with E-state index >= 15 is 0 Å². The minimum absolute atomic E-state index is 0.0664. The number of methoxy groups -OCH3 is 3. The molecule has 0 aliphatic carbocycles. The zero-order valence-electron chi connectivity index (χ0n) is 18.2. The molecule has 31 heavy (non-hydrogen) atoms. The Hall–Kier alpha value is -3.48. The summed E-state index contributed by atoms with van der Waals surface area (Å²) in [5.41, 5.74) is 1.43. The maximum Gasteiger partial charge on any atom is 0.254 e. The van der Waals surface area contributed by atoms with Gasteiger partial charge in [-0.15, -0.1) is 0 Å². The number of benzene rings is 2. The van der Waals surface area contributed by atoms with Crippen LogP contribution in [0.1, 0.15) is 22.3 Å². The molecule has 0 spiro atoms. The van der Waals surface area contributed by atoms with Gasteiger partial charge in [-0.05, 0) is 48.4 Å². The van der Waals surface area contributed by atoms with Gasteiger partial charge in [0.15, 0.2) is 11.5 Å². The fourth-order valence-corrected chi connectivity index (χ4v) is 3.51. The summed E-state index contributed by atoms with van der Waals surface area (Å²) in [4.78, 5) is 29.2. The number of hydrogen-bond acceptors (Lipinski definition) is 5. The van der Waals surface area contributed by atoms with E-state index in [9.17, 15) is 9.59 Å². The van der Waals surface area contributed by atoms with Gasteiger partial charge in [0, 0.05) is 37.8 Å². The Morgan fingerprint density at radius 2 is 1.58 bits per heavy atom. The van der Waals surface area contributed by atoms with Crippen molar-refractivity contribution in [2.24, 2.45) is 0 Å². The summed E-state index contributed by atoms with van der Waals surface area (Å²) in [7, 11) is 4.71. The lowest BCUT2D eigenvalue weighted by molar-refractivity contribution is -0.125. The van der Waals surface area contributed by atoms with Gasteiger partial charge in [-0.2, -0.15) is 0 Å². The lowest BCUT2D eigenvalue weighted by Gasteiger charge is -2.22. The summed E-state index contributed by atoms with van der Waals surface area (Å²) >= 11 is 0. The van der Waals surface area contributed by atoms with Gasteiger partial charge in [-0.1, -0.05) is 12.1 Å². The third kappa shape index (κ3) is 5.57. The predicted molar refractivity (Wildman–Crippen MR) is 119 cm³/mol. The van der Waals surface area contributed by atoms with E-state index in [2.05, 4.69) is 0 Å². The second-order valence-corrected chi connectivity index (χ2v) is 7.15. The average Bonchev–Trinajstić information content (AvgIpc) is 3.08. The van der Waals surface area contributed by atoms with Crippen molar-refractivity contribution >= 4 is 17.9 Å². The summed E-state index contributed by atoms with van der Waals surface area (Å²) in [6, 6.07) is 12.7. The number of carbonyl (C=O) groups excluding carboxylic acids is 2. The molecule has 0 atom stereocenters. The van der Waals surface area contributed by atoms with Crippen molar-refractivity contribution in [3.8, 4) is 17.2 Å². The first-order valence-electron chi connectivity index (χ1n) is 10.2. The van der Waals surface area contributed by atoms with Gasteiger partial charge in [0.25, 0.3) is 5.91 Å². The highest BCUT2D eigenvalue weighted by Crippen LogP contribution is 2.28. The first-order valence-corrected chi connectivity index (χ1v) is 10.2. The topological polar surface area (TPSA) is 68.3 Å². The lowest BCUT2D eigenvalue weighted by atomic mass is 10.1. The van der Waals surface area contributed by atoms with Crippen LogP contribution in [-0.4, -0.2) is 69.1 Å². The largest absolute Gasteiger partial charge is 0.497 e. The van der Waals surface area contributed by atoms with Crippen LogP contribution in [0.2, 0.25) is 0 Å². The van der Waals surface area contributed by atoms with E-state index in [1.54, 1.807) is 61.5 Å². The van der Waals surface area contributed by atoms with Gasteiger partial charge < -0.3 is 24.0 Å². The summed E-state index contributed by atoms with van der Waals surface area (Å²) in [5.74, 6) is 1.69. The third-order valence-electron chi connectivity index (χ3n) is 5.24. The maximum atomic E-state index is 13.0. The fraction of sp³-hybridized carbons (Fsp3) is 0.333. The number of amides is 2. The molecule has 2 amide bonds. The van der Waals surface area contributed by atoms with E-state index in [1.165, 1.54) is 0 Å². The monoisotopic (exact) mass is 424 g/mol. The first kappa shape index (κ1) is 22.2. The highest BCUT2D eigenvalue weighted by Gasteiger charge is 2.22. The molecule has 3 rings (SSSR count). The molecule has 0 saturated carbocycles. The molecule has 7 heteroatoms. The molecular formula is C24H28N2O5. The Morgan fingerprint density at radius 1 is 0.839 bits per heavy atom. The lowest BCUT2D eigenvalue weighted by Crippen LogP contribution is -2.36. The fourth-order valence-electron chi connectivity index (χ4n) is 3.51. The molecule has 164 valence electrons. The normalized spacial score (nSPS) is 14.3. The van der Waals surface area contributed by atoms with E-state index in [4.69, 9.17) is 14.2 Å². The van der Waals surface area contributed by atoms with Crippen LogP contribution in [0.3, 0.4) is 0 Å². The van der Waals surface area contributed by atoms with Gasteiger partial charge >= 0.3 is 0 Å². The van der Waals surface area contributed by atoms with E-state index in [0.717, 1.165) is 17.7 Å². The number of nitrogens with zero attached hydrogens (tertiary/aromatic N) is 2. The van der Waals surface area contributed by atoms with E-state index in [-0.39, 0.29) is 11.8 Å². The molecule has 7 nitrogen and oxygen atoms in total. The Kier molecular flexibility index (Phi) is 7.54. The molecule has 2 aromatic rings. The molecule has 0 unspecified atom stereocenters. The van der Waals surface area contributed by atoms with Crippen LogP contribution in [0.5, 0.6) is 17.2 Å². The molecular weight excluding hydrogens is 396 g/mol. The molecule has 1 fully saturated rings. The van der Waals surface area contributed by atoms with Gasteiger partial charge in [0.2, 0.25) is 5.91 Å². The molecule has 1 saturated heterocycles. The van der Waals surface area contributed by atoms with Gasteiger partial charge in [-0.3, -0.25) is 9.59 Å². The van der Waals surface area contributed by atoms with Crippen LogP contribution in [0, 0.1) is 0 Å². The molecule has 2 aromatic carbocycles. The molecule has 1 aliphatic rings. The zero-order chi connectivity index (χ0) is 22.2. The number of rotatable bonds is 6. The molecule has 0 N–H and O–H groups in total. The number of ether oxygens (including phenoxy) is 3. The Bertz CT molecular complexity index is 957. The molecule has 0 bridgehead atoms. The second-order valence-electron chi connectivity index (χ2n) is 7.15. The van der Waals surface area contributed by atoms with E-state index in [0.29, 0.717) is 43.2 Å². The predicted octanol–water partition coefficient (Wildman–Crippen LogP) is 3.10. The summed E-state index contributed by atoms with van der Waals surface area (Å²) in [6.07, 6.45) is 4.07. The van der Waals surface area contributed by atoms with Crippen LogP contribution < -0.4 is 14.2 Å². The Labute approximate surface area is 182 Å².